The van der Waals surface area contributed by atoms with E-state index in [9.17, 15) is 0 Å². The van der Waals surface area contributed by atoms with Gasteiger partial charge in [0.05, 0.1) is 0 Å². The van der Waals surface area contributed by atoms with Crippen LogP contribution in [0.5, 0.6) is 0 Å². The average Bonchev–Trinajstić information content (AvgIpc) is 3.57. The van der Waals surface area contributed by atoms with E-state index in [0.717, 1.165) is 0 Å². The van der Waals surface area contributed by atoms with Gasteiger partial charge in [0, 0.05) is 92.1 Å². The van der Waals surface area contributed by atoms with Crippen molar-refractivity contribution >= 4 is 47.3 Å². The fraction of sp³-hybridized carbons (Fsp3) is 0.444. The third-order valence-electron chi connectivity index (χ3n) is 6.11. The van der Waals surface area contributed by atoms with Gasteiger partial charge in [0.15, 0.2) is 0 Å². The van der Waals surface area contributed by atoms with Gasteiger partial charge in [-0.25, -0.2) is 0 Å². The van der Waals surface area contributed by atoms with Gasteiger partial charge in [0.1, 0.15) is 0 Å². The van der Waals surface area contributed by atoms with Crippen LogP contribution in [0, 0.1) is 148 Å². The molecule has 4 aliphatic rings. The molecule has 0 N–H and O–H groups in total. The summed E-state index contributed by atoms with van der Waals surface area (Å²) in [7, 11) is 0. The second-order valence-corrected chi connectivity index (χ2v) is 13.7. The van der Waals surface area contributed by atoms with Gasteiger partial charge < -0.3 is 0 Å². The van der Waals surface area contributed by atoms with E-state index in [2.05, 4.69) is 186 Å². The summed E-state index contributed by atoms with van der Waals surface area (Å²) < 4.78 is 0. The fourth-order valence-electron chi connectivity index (χ4n) is 3.50. The van der Waals surface area contributed by atoms with Crippen molar-refractivity contribution in [1.29, 1.82) is 0 Å². The molecule has 0 saturated heterocycles. The largest absolute Gasteiger partial charge is 0.0596 e. The van der Waals surface area contributed by atoms with Crippen molar-refractivity contribution in [3.63, 3.8) is 0 Å². The van der Waals surface area contributed by atoms with Crippen molar-refractivity contribution in [3.8, 4) is 0 Å². The molecule has 218 valence electrons. The molecule has 0 atom stereocenters. The van der Waals surface area contributed by atoms with E-state index < -0.39 is 0 Å². The number of hydrogen-bond acceptors (Lipinski definition) is 0. The molecule has 4 fully saturated rings. The van der Waals surface area contributed by atoms with Crippen LogP contribution in [0.3, 0.4) is 0 Å². The Morgan fingerprint density at radius 3 is 0.425 bits per heavy atom. The van der Waals surface area contributed by atoms with E-state index in [4.69, 9.17) is 0 Å². The third-order valence-corrected chi connectivity index (χ3v) is 6.11. The minimum atomic E-state index is 0. The summed E-state index contributed by atoms with van der Waals surface area (Å²) in [5, 5.41) is 0. The topological polar surface area (TPSA) is 0 Å². The monoisotopic (exact) mass is 930 g/mol. The molecule has 4 saturated carbocycles. The number of rotatable bonds is 0. The van der Waals surface area contributed by atoms with E-state index in [1.807, 2.05) is 0 Å². The predicted octanol–water partition coefficient (Wildman–Crippen LogP) is 8.98. The van der Waals surface area contributed by atoms with E-state index in [0.29, 0.717) is 21.7 Å². The second-order valence-electron chi connectivity index (χ2n) is 13.7. The smallest absolute Gasteiger partial charge is 0 e. The van der Waals surface area contributed by atoms with Crippen LogP contribution in [-0.2, 0) is 44.8 Å². The molecule has 4 aliphatic carbocycles. The van der Waals surface area contributed by atoms with Gasteiger partial charge in [-0.05, 0) is 148 Å². The Balaban J connectivity index is -0.000000209. The van der Waals surface area contributed by atoms with Crippen molar-refractivity contribution in [2.75, 3.05) is 0 Å². The van der Waals surface area contributed by atoms with Gasteiger partial charge in [-0.1, -0.05) is 83.1 Å². The Morgan fingerprint density at radius 1 is 0.275 bits per heavy atom. The van der Waals surface area contributed by atoms with Crippen molar-refractivity contribution in [2.45, 2.75) is 83.1 Å². The van der Waals surface area contributed by atoms with Crippen LogP contribution in [0.15, 0.2) is 0 Å². The average molecular weight is 926 g/mol. The molecule has 0 aromatic heterocycles. The maximum absolute atomic E-state index is 2.22. The van der Waals surface area contributed by atoms with Gasteiger partial charge in [0.25, 0.3) is 0 Å². The molecule has 0 spiro atoms. The Morgan fingerprint density at radius 2 is 0.375 bits per heavy atom. The van der Waals surface area contributed by atoms with Crippen molar-refractivity contribution in [2.24, 2.45) is 21.7 Å². The molecule has 0 aromatic rings. The summed E-state index contributed by atoms with van der Waals surface area (Å²) in [6.45, 7) is 26.7. The normalized spacial score (nSPS) is 20.7. The SMILES string of the molecule is CC(C)(C)[C]1[CH][CH][CH][CH]1.CC(C)(C)[C]1[CH][CH][CH][CH]1.CC(C)(C)[C]1[CH][CH][CH][CH]1.CC(C)(C)[C]1[CH][CH][CH][CH]1.[Nb].[Nb].[Te].[Te]. The van der Waals surface area contributed by atoms with Crippen molar-refractivity contribution in [3.05, 3.63) is 126 Å². The standard InChI is InChI=1S/4C9H13.2Nb.2Te/c4*1-9(2,3)8-6-4-5-7-8;;;;/h4*4-7H,1-3H3;;;;. The van der Waals surface area contributed by atoms with Crippen molar-refractivity contribution < 1.29 is 44.8 Å². The first-order valence-electron chi connectivity index (χ1n) is 13.3. The molecule has 40 heavy (non-hydrogen) atoms. The van der Waals surface area contributed by atoms with Crippen molar-refractivity contribution in [1.82, 2.24) is 0 Å². The van der Waals surface area contributed by atoms with E-state index >= 15 is 0 Å². The Kier molecular flexibility index (Phi) is 29.2. The summed E-state index contributed by atoms with van der Waals surface area (Å²) >= 11 is 0. The first-order valence-corrected chi connectivity index (χ1v) is 13.3. The zero-order valence-corrected chi connectivity index (χ0v) is 36.0. The number of hydrogen-bond donors (Lipinski definition) is 0. The molecule has 0 unspecified atom stereocenters. The zero-order valence-electron chi connectivity index (χ0n) is 26.9. The third kappa shape index (κ3) is 21.7. The molecule has 0 bridgehead atoms. The predicted molar refractivity (Wildman–Crippen MR) is 171 cm³/mol. The van der Waals surface area contributed by atoms with E-state index in [1.54, 1.807) is 0 Å². The summed E-state index contributed by atoms with van der Waals surface area (Å²) in [5.41, 5.74) is 1.29. The van der Waals surface area contributed by atoms with Crippen LogP contribution in [-0.4, -0.2) is 47.3 Å². The maximum Gasteiger partial charge on any atom is 0 e. The molecule has 0 heterocycles. The van der Waals surface area contributed by atoms with Gasteiger partial charge in [0.2, 0.25) is 0 Å². The minimum Gasteiger partial charge on any atom is -0.0596 e. The minimum absolute atomic E-state index is 0. The molecular weight excluding hydrogens is 873 g/mol. The van der Waals surface area contributed by atoms with Crippen LogP contribution < -0.4 is 0 Å². The summed E-state index contributed by atoms with van der Waals surface area (Å²) in [6, 6.07) is 0. The second kappa shape index (κ2) is 23.4. The Hall–Kier alpha value is 3.06. The van der Waals surface area contributed by atoms with Gasteiger partial charge in [-0.15, -0.1) is 0 Å². The zero-order chi connectivity index (χ0) is 27.6. The summed E-state index contributed by atoms with van der Waals surface area (Å²) in [6.07, 6.45) is 34.0. The van der Waals surface area contributed by atoms with Gasteiger partial charge >= 0.3 is 0 Å². The van der Waals surface area contributed by atoms with Crippen LogP contribution in [0.1, 0.15) is 83.1 Å². The van der Waals surface area contributed by atoms with Crippen LogP contribution >= 0.6 is 0 Å². The van der Waals surface area contributed by atoms with Crippen LogP contribution in [0.2, 0.25) is 0 Å². The van der Waals surface area contributed by atoms with Gasteiger partial charge in [-0.2, -0.15) is 0 Å². The molecule has 0 amide bonds. The molecule has 26 radical (unpaired) electrons. The Bertz CT molecular complexity index is 450. The van der Waals surface area contributed by atoms with Crippen LogP contribution in [0.25, 0.3) is 0 Å². The first kappa shape index (κ1) is 49.9. The summed E-state index contributed by atoms with van der Waals surface area (Å²) in [5.74, 6) is 5.68. The molecule has 4 heteroatoms. The molecule has 0 aliphatic heterocycles. The van der Waals surface area contributed by atoms with Crippen LogP contribution in [0.4, 0.5) is 0 Å². The quantitative estimate of drug-likeness (QED) is 0.213. The molecule has 0 nitrogen and oxygen atoms in total. The molecular formula is C36H52Nb2Te2. The van der Waals surface area contributed by atoms with E-state index in [-0.39, 0.29) is 92.1 Å². The maximum atomic E-state index is 2.22. The van der Waals surface area contributed by atoms with Gasteiger partial charge in [-0.3, -0.25) is 0 Å². The first-order chi connectivity index (χ1) is 16.4. The molecule has 4 rings (SSSR count). The van der Waals surface area contributed by atoms with E-state index in [1.165, 1.54) is 23.7 Å². The Labute approximate surface area is 319 Å². The summed E-state index contributed by atoms with van der Waals surface area (Å²) in [4.78, 5) is 0. The fourth-order valence-corrected chi connectivity index (χ4v) is 3.50. The molecule has 0 aromatic carbocycles.